The standard InChI is InChI=1S/C23H23FN2O2/c24-21-9-4-3-8-19(21)16-25-10-5-11-26(13-12-25)23(28)20-14-17-6-1-2-7-18(17)15-22(20)27/h1-4,6-9,14-15,27H,5,10-13,16H2. The minimum atomic E-state index is -0.194. The first-order chi connectivity index (χ1) is 13.6. The topological polar surface area (TPSA) is 43.8 Å². The largest absolute Gasteiger partial charge is 0.507 e. The number of phenols is 1. The highest BCUT2D eigenvalue weighted by atomic mass is 19.1. The molecule has 0 atom stereocenters. The second-order valence-corrected chi connectivity index (χ2v) is 7.23. The zero-order valence-electron chi connectivity index (χ0n) is 15.6. The first kappa shape index (κ1) is 18.4. The van der Waals surface area contributed by atoms with Gasteiger partial charge in [0.15, 0.2) is 0 Å². The minimum absolute atomic E-state index is 0.0103. The molecule has 1 heterocycles. The third kappa shape index (κ3) is 3.85. The fourth-order valence-electron chi connectivity index (χ4n) is 3.77. The first-order valence-electron chi connectivity index (χ1n) is 9.58. The summed E-state index contributed by atoms with van der Waals surface area (Å²) in [5.74, 6) is -0.340. The number of amides is 1. The maximum Gasteiger partial charge on any atom is 0.257 e. The van der Waals surface area contributed by atoms with Crippen molar-refractivity contribution in [1.82, 2.24) is 9.80 Å². The number of fused-ring (bicyclic) bond motifs is 1. The number of carbonyl (C=O) groups is 1. The van der Waals surface area contributed by atoms with Gasteiger partial charge >= 0.3 is 0 Å². The van der Waals surface area contributed by atoms with Gasteiger partial charge in [0.05, 0.1) is 5.56 Å². The summed E-state index contributed by atoms with van der Waals surface area (Å²) in [4.78, 5) is 17.0. The van der Waals surface area contributed by atoms with Crippen molar-refractivity contribution in [3.8, 4) is 5.75 Å². The summed E-state index contributed by atoms with van der Waals surface area (Å²) in [6.07, 6.45) is 0.814. The summed E-state index contributed by atoms with van der Waals surface area (Å²) in [6.45, 7) is 3.20. The maximum atomic E-state index is 13.9. The van der Waals surface area contributed by atoms with Crippen molar-refractivity contribution in [1.29, 1.82) is 0 Å². The summed E-state index contributed by atoms with van der Waals surface area (Å²) in [5.41, 5.74) is 1.01. The van der Waals surface area contributed by atoms with Crippen molar-refractivity contribution in [2.24, 2.45) is 0 Å². The Morgan fingerprint density at radius 1 is 0.929 bits per heavy atom. The van der Waals surface area contributed by atoms with E-state index in [9.17, 15) is 14.3 Å². The van der Waals surface area contributed by atoms with Crippen LogP contribution < -0.4 is 0 Å². The van der Waals surface area contributed by atoms with Crippen LogP contribution >= 0.6 is 0 Å². The van der Waals surface area contributed by atoms with Crippen LogP contribution in [0.15, 0.2) is 60.7 Å². The van der Waals surface area contributed by atoms with Gasteiger partial charge in [-0.3, -0.25) is 9.69 Å². The molecular formula is C23H23FN2O2. The molecule has 0 saturated carbocycles. The van der Waals surface area contributed by atoms with Gasteiger partial charge in [-0.15, -0.1) is 0 Å². The number of hydrogen-bond acceptors (Lipinski definition) is 3. The van der Waals surface area contributed by atoms with Crippen LogP contribution in [0.1, 0.15) is 22.3 Å². The lowest BCUT2D eigenvalue weighted by molar-refractivity contribution is 0.0758. The van der Waals surface area contributed by atoms with Crippen LogP contribution in [0.5, 0.6) is 5.75 Å². The molecule has 0 radical (unpaired) electrons. The van der Waals surface area contributed by atoms with Crippen molar-refractivity contribution in [3.63, 3.8) is 0 Å². The predicted octanol–water partition coefficient (Wildman–Crippen LogP) is 4.03. The average molecular weight is 378 g/mol. The van der Waals surface area contributed by atoms with Gasteiger partial charge in [0.1, 0.15) is 11.6 Å². The van der Waals surface area contributed by atoms with Crippen LogP contribution in [0, 0.1) is 5.82 Å². The average Bonchev–Trinajstić information content (AvgIpc) is 2.94. The molecule has 3 aromatic carbocycles. The Balaban J connectivity index is 1.47. The van der Waals surface area contributed by atoms with Gasteiger partial charge in [-0.2, -0.15) is 0 Å². The Hall–Kier alpha value is -2.92. The predicted molar refractivity (Wildman–Crippen MR) is 108 cm³/mol. The molecule has 0 spiro atoms. The van der Waals surface area contributed by atoms with Crippen molar-refractivity contribution in [2.45, 2.75) is 13.0 Å². The molecule has 1 amide bonds. The summed E-state index contributed by atoms with van der Waals surface area (Å²) in [6, 6.07) is 17.9. The zero-order chi connectivity index (χ0) is 19.5. The third-order valence-corrected chi connectivity index (χ3v) is 5.32. The number of phenolic OH excluding ortho intramolecular Hbond substituents is 1. The molecule has 144 valence electrons. The molecule has 1 aliphatic heterocycles. The van der Waals surface area contributed by atoms with E-state index in [-0.39, 0.29) is 17.5 Å². The van der Waals surface area contributed by atoms with Crippen LogP contribution in [0.4, 0.5) is 4.39 Å². The number of rotatable bonds is 3. The van der Waals surface area contributed by atoms with E-state index in [1.807, 2.05) is 30.3 Å². The van der Waals surface area contributed by atoms with Crippen molar-refractivity contribution in [3.05, 3.63) is 77.6 Å². The normalized spacial score (nSPS) is 15.5. The number of nitrogens with zero attached hydrogens (tertiary/aromatic N) is 2. The van der Waals surface area contributed by atoms with Crippen molar-refractivity contribution in [2.75, 3.05) is 26.2 Å². The van der Waals surface area contributed by atoms with Crippen LogP contribution in [-0.4, -0.2) is 47.0 Å². The molecule has 0 aliphatic carbocycles. The number of carbonyl (C=O) groups excluding carboxylic acids is 1. The van der Waals surface area contributed by atoms with E-state index in [0.29, 0.717) is 37.3 Å². The lowest BCUT2D eigenvalue weighted by atomic mass is 10.0. The molecule has 4 rings (SSSR count). The third-order valence-electron chi connectivity index (χ3n) is 5.32. The van der Waals surface area contributed by atoms with Crippen LogP contribution in [0.25, 0.3) is 10.8 Å². The quantitative estimate of drug-likeness (QED) is 0.748. The van der Waals surface area contributed by atoms with Crippen LogP contribution in [0.3, 0.4) is 0 Å². The second-order valence-electron chi connectivity index (χ2n) is 7.23. The van der Waals surface area contributed by atoms with Gasteiger partial charge in [-0.25, -0.2) is 4.39 Å². The van der Waals surface area contributed by atoms with Crippen molar-refractivity contribution >= 4 is 16.7 Å². The Bertz CT molecular complexity index is 1000. The van der Waals surface area contributed by atoms with E-state index >= 15 is 0 Å². The highest BCUT2D eigenvalue weighted by molar-refractivity contribution is 6.01. The number of benzene rings is 3. The lowest BCUT2D eigenvalue weighted by Gasteiger charge is -2.22. The summed E-state index contributed by atoms with van der Waals surface area (Å²) in [5, 5.41) is 12.2. The molecule has 1 saturated heterocycles. The fraction of sp³-hybridized carbons (Fsp3) is 0.261. The molecule has 5 heteroatoms. The SMILES string of the molecule is O=C(c1cc2ccccc2cc1O)N1CCCN(Cc2ccccc2F)CC1. The van der Waals surface area contributed by atoms with Gasteiger partial charge < -0.3 is 10.0 Å². The van der Waals surface area contributed by atoms with Crippen molar-refractivity contribution < 1.29 is 14.3 Å². The minimum Gasteiger partial charge on any atom is -0.507 e. The zero-order valence-corrected chi connectivity index (χ0v) is 15.6. The molecule has 28 heavy (non-hydrogen) atoms. The van der Waals surface area contributed by atoms with E-state index in [1.54, 1.807) is 29.2 Å². The molecule has 3 aromatic rings. The van der Waals surface area contributed by atoms with E-state index in [2.05, 4.69) is 4.90 Å². The van der Waals surface area contributed by atoms with E-state index in [1.165, 1.54) is 6.07 Å². The molecule has 1 aliphatic rings. The van der Waals surface area contributed by atoms with Crippen LogP contribution in [-0.2, 0) is 6.54 Å². The summed E-state index contributed by atoms with van der Waals surface area (Å²) >= 11 is 0. The lowest BCUT2D eigenvalue weighted by Crippen LogP contribution is -2.35. The van der Waals surface area contributed by atoms with E-state index in [0.717, 1.165) is 23.7 Å². The van der Waals surface area contributed by atoms with Gasteiger partial charge in [-0.05, 0) is 35.4 Å². The van der Waals surface area contributed by atoms with Gasteiger partial charge in [0, 0.05) is 38.3 Å². The summed E-state index contributed by atoms with van der Waals surface area (Å²) < 4.78 is 13.9. The number of hydrogen-bond donors (Lipinski definition) is 1. The molecule has 1 fully saturated rings. The smallest absolute Gasteiger partial charge is 0.257 e. The molecule has 1 N–H and O–H groups in total. The van der Waals surface area contributed by atoms with Gasteiger partial charge in [0.25, 0.3) is 5.91 Å². The molecule has 0 unspecified atom stereocenters. The summed E-state index contributed by atoms with van der Waals surface area (Å²) in [7, 11) is 0. The van der Waals surface area contributed by atoms with E-state index in [4.69, 9.17) is 0 Å². The Morgan fingerprint density at radius 2 is 1.64 bits per heavy atom. The monoisotopic (exact) mass is 378 g/mol. The highest BCUT2D eigenvalue weighted by Gasteiger charge is 2.23. The Morgan fingerprint density at radius 3 is 2.43 bits per heavy atom. The van der Waals surface area contributed by atoms with Gasteiger partial charge in [0.2, 0.25) is 0 Å². The maximum absolute atomic E-state index is 13.9. The molecule has 0 aromatic heterocycles. The van der Waals surface area contributed by atoms with E-state index < -0.39 is 0 Å². The Labute approximate surface area is 163 Å². The number of aromatic hydroxyl groups is 1. The molecular weight excluding hydrogens is 355 g/mol. The molecule has 0 bridgehead atoms. The molecule has 4 nitrogen and oxygen atoms in total. The fourth-order valence-corrected chi connectivity index (χ4v) is 3.77. The Kier molecular flexibility index (Phi) is 5.26. The first-order valence-corrected chi connectivity index (χ1v) is 9.58. The highest BCUT2D eigenvalue weighted by Crippen LogP contribution is 2.26. The van der Waals surface area contributed by atoms with Gasteiger partial charge in [-0.1, -0.05) is 42.5 Å². The number of halogens is 1. The van der Waals surface area contributed by atoms with Crippen LogP contribution in [0.2, 0.25) is 0 Å². The second kappa shape index (κ2) is 7.98.